The third-order valence-corrected chi connectivity index (χ3v) is 6.13. The molecule has 0 fully saturated rings. The van der Waals surface area contributed by atoms with Gasteiger partial charge in [-0.05, 0) is 48.9 Å². The quantitative estimate of drug-likeness (QED) is 0.387. The highest BCUT2D eigenvalue weighted by atomic mass is 16.5. The summed E-state index contributed by atoms with van der Waals surface area (Å²) < 4.78 is 17.8. The number of terminal acetylenes is 1. The highest BCUT2D eigenvalue weighted by molar-refractivity contribution is 5.95. The van der Waals surface area contributed by atoms with Crippen molar-refractivity contribution < 1.29 is 19.0 Å². The molecule has 3 heterocycles. The van der Waals surface area contributed by atoms with Gasteiger partial charge in [-0.2, -0.15) is 14.9 Å². The van der Waals surface area contributed by atoms with Gasteiger partial charge in [0.15, 0.2) is 11.5 Å². The topological polar surface area (TPSA) is 113 Å². The number of methoxy groups -OCH3 is 2. The van der Waals surface area contributed by atoms with Crippen LogP contribution in [0.3, 0.4) is 0 Å². The summed E-state index contributed by atoms with van der Waals surface area (Å²) in [5.41, 5.74) is 3.93. The summed E-state index contributed by atoms with van der Waals surface area (Å²) in [6.07, 6.45) is 7.18. The van der Waals surface area contributed by atoms with E-state index in [0.29, 0.717) is 23.0 Å². The first-order valence-electron chi connectivity index (χ1n) is 11.5. The Morgan fingerprint density at radius 3 is 2.68 bits per heavy atom. The van der Waals surface area contributed by atoms with Crippen LogP contribution in [-0.4, -0.2) is 51.7 Å². The Kier molecular flexibility index (Phi) is 6.43. The number of rotatable bonds is 7. The number of carbonyl (C=O) groups is 1. The van der Waals surface area contributed by atoms with Crippen LogP contribution in [0.1, 0.15) is 29.2 Å². The van der Waals surface area contributed by atoms with Gasteiger partial charge in [-0.3, -0.25) is 4.79 Å². The fraction of sp³-hybridized carbons (Fsp3) is 0.222. The van der Waals surface area contributed by atoms with Crippen LogP contribution in [0.15, 0.2) is 48.7 Å². The Bertz CT molecular complexity index is 1510. The Morgan fingerprint density at radius 2 is 1.95 bits per heavy atom. The van der Waals surface area contributed by atoms with Crippen molar-refractivity contribution in [3.8, 4) is 46.8 Å². The molecule has 0 aliphatic carbocycles. The summed E-state index contributed by atoms with van der Waals surface area (Å²) in [6.45, 7) is 1.99. The van der Waals surface area contributed by atoms with Gasteiger partial charge in [0.25, 0.3) is 5.95 Å². The Morgan fingerprint density at radius 1 is 1.14 bits per heavy atom. The molecule has 4 aromatic rings. The van der Waals surface area contributed by atoms with Crippen molar-refractivity contribution in [2.45, 2.75) is 19.3 Å². The van der Waals surface area contributed by atoms with Crippen LogP contribution in [0.5, 0.6) is 17.2 Å². The zero-order valence-electron chi connectivity index (χ0n) is 20.6. The number of amides is 1. The predicted octanol–water partition coefficient (Wildman–Crippen LogP) is 3.54. The average Bonchev–Trinajstić information content (AvgIpc) is 3.27. The summed E-state index contributed by atoms with van der Waals surface area (Å²) in [6, 6.07) is 13.0. The SMILES string of the molecule is C#CCOc1cc([C@@H]2CC(=O)Nc3c2c(C)nn3-c2nncc(-c3ccc(OC)cc3)n2)ccc1OC. The van der Waals surface area contributed by atoms with Crippen molar-refractivity contribution in [3.63, 3.8) is 0 Å². The second kappa shape index (κ2) is 9.99. The molecule has 5 rings (SSSR count). The van der Waals surface area contributed by atoms with Gasteiger partial charge in [-0.15, -0.1) is 11.5 Å². The minimum absolute atomic E-state index is 0.0993. The number of benzene rings is 2. The van der Waals surface area contributed by atoms with Gasteiger partial charge in [-0.25, -0.2) is 4.98 Å². The van der Waals surface area contributed by atoms with Gasteiger partial charge in [0.1, 0.15) is 18.2 Å². The molecule has 1 aliphatic rings. The van der Waals surface area contributed by atoms with E-state index in [1.165, 1.54) is 4.68 Å². The van der Waals surface area contributed by atoms with E-state index in [4.69, 9.17) is 20.6 Å². The molecule has 1 atom stereocenters. The number of fused-ring (bicyclic) bond motifs is 1. The summed E-state index contributed by atoms with van der Waals surface area (Å²) in [5, 5.41) is 15.9. The summed E-state index contributed by atoms with van der Waals surface area (Å²) in [5.74, 6) is 4.59. The second-order valence-corrected chi connectivity index (χ2v) is 8.34. The molecule has 10 heteroatoms. The maximum absolute atomic E-state index is 12.8. The fourth-order valence-electron chi connectivity index (χ4n) is 4.40. The number of carbonyl (C=O) groups excluding carboxylic acids is 1. The standard InChI is InChI=1S/C27H24N6O4/c1-5-12-37-23-13-18(8-11-22(23)36-4)20-14-24(34)30-26-25(20)16(2)32-33(26)27-29-21(15-28-31-27)17-6-9-19(35-3)10-7-17/h1,6-11,13,15,20H,12,14H2,2-4H3,(H,30,34)/t20-/m0/s1. The van der Waals surface area contributed by atoms with Crippen LogP contribution < -0.4 is 19.5 Å². The van der Waals surface area contributed by atoms with E-state index in [-0.39, 0.29) is 30.8 Å². The number of anilines is 1. The number of nitrogens with one attached hydrogen (secondary N) is 1. The summed E-state index contributed by atoms with van der Waals surface area (Å²) in [4.78, 5) is 17.5. The van der Waals surface area contributed by atoms with Crippen molar-refractivity contribution in [2.75, 3.05) is 26.1 Å². The van der Waals surface area contributed by atoms with Gasteiger partial charge in [0.05, 0.1) is 31.8 Å². The van der Waals surface area contributed by atoms with Gasteiger partial charge in [-0.1, -0.05) is 12.0 Å². The van der Waals surface area contributed by atoms with Crippen molar-refractivity contribution >= 4 is 11.7 Å². The van der Waals surface area contributed by atoms with Crippen LogP contribution in [-0.2, 0) is 4.79 Å². The number of aryl methyl sites for hydroxylation is 1. The lowest BCUT2D eigenvalue weighted by molar-refractivity contribution is -0.116. The van der Waals surface area contributed by atoms with E-state index in [0.717, 1.165) is 28.1 Å². The Labute approximate surface area is 213 Å². The maximum atomic E-state index is 12.8. The molecular weight excluding hydrogens is 472 g/mol. The first-order chi connectivity index (χ1) is 18.0. The lowest BCUT2D eigenvalue weighted by Crippen LogP contribution is -2.25. The smallest absolute Gasteiger partial charge is 0.272 e. The molecule has 1 N–H and O–H groups in total. The highest BCUT2D eigenvalue weighted by Crippen LogP contribution is 2.42. The summed E-state index contributed by atoms with van der Waals surface area (Å²) >= 11 is 0. The van der Waals surface area contributed by atoms with Crippen LogP contribution in [0.25, 0.3) is 17.2 Å². The molecule has 0 unspecified atom stereocenters. The number of nitrogens with zero attached hydrogens (tertiary/aromatic N) is 5. The van der Waals surface area contributed by atoms with Crippen molar-refractivity contribution in [3.05, 3.63) is 65.5 Å². The molecule has 0 saturated carbocycles. The molecule has 0 saturated heterocycles. The normalized spacial score (nSPS) is 14.3. The molecule has 2 aromatic heterocycles. The van der Waals surface area contributed by atoms with E-state index >= 15 is 0 Å². The van der Waals surface area contributed by atoms with E-state index in [2.05, 4.69) is 31.5 Å². The second-order valence-electron chi connectivity index (χ2n) is 8.34. The van der Waals surface area contributed by atoms with Crippen molar-refractivity contribution in [1.29, 1.82) is 0 Å². The van der Waals surface area contributed by atoms with Crippen molar-refractivity contribution in [2.24, 2.45) is 0 Å². The van der Waals surface area contributed by atoms with Crippen LogP contribution >= 0.6 is 0 Å². The van der Waals surface area contributed by atoms with Gasteiger partial charge in [0.2, 0.25) is 5.91 Å². The van der Waals surface area contributed by atoms with Crippen molar-refractivity contribution in [1.82, 2.24) is 25.0 Å². The highest BCUT2D eigenvalue weighted by Gasteiger charge is 2.34. The van der Waals surface area contributed by atoms with Gasteiger partial charge in [0, 0.05) is 23.5 Å². The molecule has 0 bridgehead atoms. The maximum Gasteiger partial charge on any atom is 0.272 e. The Hall–Kier alpha value is -4.91. The molecule has 1 amide bonds. The van der Waals surface area contributed by atoms with Crippen LogP contribution in [0, 0.1) is 19.3 Å². The minimum Gasteiger partial charge on any atom is -0.497 e. The third kappa shape index (κ3) is 4.54. The minimum atomic E-state index is -0.269. The average molecular weight is 497 g/mol. The predicted molar refractivity (Wildman–Crippen MR) is 136 cm³/mol. The third-order valence-electron chi connectivity index (χ3n) is 6.13. The van der Waals surface area contributed by atoms with Crippen LogP contribution in [0.2, 0.25) is 0 Å². The largest absolute Gasteiger partial charge is 0.497 e. The van der Waals surface area contributed by atoms with E-state index in [1.54, 1.807) is 26.5 Å². The lowest BCUT2D eigenvalue weighted by Gasteiger charge is -2.25. The van der Waals surface area contributed by atoms with Gasteiger partial charge < -0.3 is 19.5 Å². The van der Waals surface area contributed by atoms with E-state index < -0.39 is 0 Å². The molecule has 10 nitrogen and oxygen atoms in total. The molecular formula is C27H24N6O4. The lowest BCUT2D eigenvalue weighted by atomic mass is 9.85. The first kappa shape index (κ1) is 23.8. The number of aromatic nitrogens is 5. The molecule has 186 valence electrons. The Balaban J connectivity index is 1.56. The van der Waals surface area contributed by atoms with E-state index in [9.17, 15) is 4.79 Å². The molecule has 0 spiro atoms. The molecule has 0 radical (unpaired) electrons. The number of hydrogen-bond donors (Lipinski definition) is 1. The fourth-order valence-corrected chi connectivity index (χ4v) is 4.40. The zero-order chi connectivity index (χ0) is 25.9. The summed E-state index contributed by atoms with van der Waals surface area (Å²) in [7, 11) is 3.17. The van der Waals surface area contributed by atoms with E-state index in [1.807, 2.05) is 43.3 Å². The number of ether oxygens (including phenoxy) is 3. The van der Waals surface area contributed by atoms with Gasteiger partial charge >= 0.3 is 0 Å². The van der Waals surface area contributed by atoms with Crippen LogP contribution in [0.4, 0.5) is 5.82 Å². The molecule has 1 aliphatic heterocycles. The molecule has 37 heavy (non-hydrogen) atoms. The first-order valence-corrected chi connectivity index (χ1v) is 11.5. The zero-order valence-corrected chi connectivity index (χ0v) is 20.6. The molecule has 2 aromatic carbocycles. The number of hydrogen-bond acceptors (Lipinski definition) is 8. The monoisotopic (exact) mass is 496 g/mol.